The zero-order valence-electron chi connectivity index (χ0n) is 87.9. The van der Waals surface area contributed by atoms with Gasteiger partial charge in [0.15, 0.2) is 34.8 Å². The van der Waals surface area contributed by atoms with Crippen LogP contribution < -0.4 is 4.74 Å². The number of allylic oxidation sites excluding steroid dienone is 6. The first-order valence-corrected chi connectivity index (χ1v) is 57.0. The van der Waals surface area contributed by atoms with E-state index in [1.165, 1.54) is 179 Å². The number of likely N-dealkylation sites (tertiary alicyclic amines) is 3. The maximum atomic E-state index is 13.6. The number of nitrogens with zero attached hydrogens (tertiary/aromatic N) is 9. The Hall–Kier alpha value is -11.6. The molecule has 10 aliphatic rings. The Bertz CT molecular complexity index is 6160. The van der Waals surface area contributed by atoms with E-state index in [-0.39, 0.29) is 99.2 Å². The number of rotatable bonds is 37. The van der Waals surface area contributed by atoms with Crippen molar-refractivity contribution in [2.75, 3.05) is 39.3 Å². The zero-order valence-corrected chi connectivity index (χ0v) is 89.5. The van der Waals surface area contributed by atoms with Crippen LogP contribution in [-0.4, -0.2) is 158 Å². The lowest BCUT2D eigenvalue weighted by molar-refractivity contribution is -0.156. The van der Waals surface area contributed by atoms with Crippen molar-refractivity contribution in [1.29, 1.82) is 0 Å². The molecule has 22 nitrogen and oxygen atoms in total. The molecule has 148 heavy (non-hydrogen) atoms. The van der Waals surface area contributed by atoms with Gasteiger partial charge in [-0.1, -0.05) is 183 Å². The molecule has 9 aromatic rings. The second-order valence-corrected chi connectivity index (χ2v) is 48.1. The Balaban J connectivity index is 0.000000151. The lowest BCUT2D eigenvalue weighted by Crippen LogP contribution is -2.55. The van der Waals surface area contributed by atoms with E-state index in [0.29, 0.717) is 69.6 Å². The summed E-state index contributed by atoms with van der Waals surface area (Å²) in [7, 11) is 0. The number of ketones is 3. The van der Waals surface area contributed by atoms with Crippen molar-refractivity contribution in [2.24, 2.45) is 94.7 Å². The highest BCUT2D eigenvalue weighted by Crippen LogP contribution is 2.48. The third kappa shape index (κ3) is 28.3. The monoisotopic (exact) mass is 2040 g/mol. The number of carbonyl (C=O) groups excluding carboxylic acids is 6. The molecule has 4 saturated carbocycles. The van der Waals surface area contributed by atoms with Crippen molar-refractivity contribution in [2.45, 2.75) is 279 Å². The molecule has 24 heteroatoms. The molecule has 6 atom stereocenters. The summed E-state index contributed by atoms with van der Waals surface area (Å²) in [4.78, 5) is 152. The molecule has 3 N–H and O–H groups in total. The Labute approximate surface area is 882 Å². The number of carbonyl (C=O) groups is 9. The van der Waals surface area contributed by atoms with Gasteiger partial charge < -0.3 is 34.8 Å². The van der Waals surface area contributed by atoms with E-state index in [9.17, 15) is 58.5 Å². The van der Waals surface area contributed by atoms with Crippen LogP contribution in [0, 0.1) is 94.7 Å². The molecule has 7 fully saturated rings. The second-order valence-electron chi connectivity index (χ2n) is 45.8. The highest BCUT2D eigenvalue weighted by Gasteiger charge is 2.44. The smallest absolute Gasteiger partial charge is 0.310 e. The molecule has 3 amide bonds. The summed E-state index contributed by atoms with van der Waals surface area (Å²) in [6.45, 7) is 18.3. The number of aromatic nitrogens is 6. The number of carboxylic acids is 3. The summed E-state index contributed by atoms with van der Waals surface area (Å²) in [5.41, 5.74) is 13.0. The summed E-state index contributed by atoms with van der Waals surface area (Å²) in [5.74, 6) is 4.95. The van der Waals surface area contributed by atoms with Crippen LogP contribution in [0.3, 0.4) is 0 Å². The molecule has 19 rings (SSSR count). The predicted molar refractivity (Wildman–Crippen MR) is 583 cm³/mol. The maximum absolute atomic E-state index is 13.6. The van der Waals surface area contributed by atoms with Crippen molar-refractivity contribution in [1.82, 2.24) is 44.6 Å². The molecule has 4 aromatic carbocycles. The number of carboxylic acid groups (broad SMARTS) is 3. The van der Waals surface area contributed by atoms with Crippen molar-refractivity contribution >= 4 is 92.4 Å². The summed E-state index contributed by atoms with van der Waals surface area (Å²) in [6.07, 6.45) is 55.0. The fraction of sp³-hybridized carbons (Fsp3) is 0.524. The first-order chi connectivity index (χ1) is 71.4. The number of thiophene rings is 2. The van der Waals surface area contributed by atoms with Crippen molar-refractivity contribution in [3.8, 4) is 39.9 Å². The van der Waals surface area contributed by atoms with Gasteiger partial charge in [-0.15, -0.1) is 22.7 Å². The van der Waals surface area contributed by atoms with Crippen LogP contribution in [0.25, 0.3) is 50.9 Å². The molecule has 8 heterocycles. The molecule has 7 aliphatic carbocycles. The minimum atomic E-state index is -0.904. The highest BCUT2D eigenvalue weighted by molar-refractivity contribution is 7.14. The highest BCUT2D eigenvalue weighted by atomic mass is 32.1. The van der Waals surface area contributed by atoms with Gasteiger partial charge in [0, 0.05) is 162 Å². The van der Waals surface area contributed by atoms with Gasteiger partial charge in [-0.05, 0) is 303 Å². The minimum absolute atomic E-state index is 0.0200. The molecule has 3 saturated heterocycles. The van der Waals surface area contributed by atoms with Crippen LogP contribution >= 0.6 is 22.7 Å². The molecule has 5 aromatic heterocycles. The number of benzene rings is 4. The standard InChI is InChI=1S/C43H53N3O5.C41H51N3O4S.C40H47N3O4S/c1-5-28-6-10-30(11-7-28)31-14-16-32(17-15-31)36-24-44-40(45-25-36)34-12-8-29(9-13-34)22-35(41(48)46-26-37(27-46)42(49)50)23-39(47)33-18-20-38(21-19-33)51-43(2,3)4;1-4-27-5-9-29(10-6-27)30-13-15-31(16-14-30)34-22-42-39(43-23-34)32-11-7-28(8-12-32)20-33(40(46)44-24-35(25-44)41(47)48)21-37(45)38-18-17-36(49-38)19-26(2)3;1-2-25-3-7-27(8-4-25)28-11-13-29(14-12-28)33-21-41-38(42-22-33)31-9-5-26(6-10-31)19-32(39(45)43-23-34(24-43)40(46)47)20-35(44)37-18-17-36(48-37)30-15-16-30/h8-9,12-13,16,18-21,24-25,28,30-31,35,37H,5-7,10-11,14-15,17,22-23,26-27H2,1-4H3,(H,49,50);7-8,11-12,15,17-18,22-23,26-27,29-30,33,35H,4-6,9-10,13-14,16,19-21,24-25H2,1-3H3,(H,47,48);5-6,9-10,13,17-18,21-22,25,27-28,30,32,34H,2-4,7-8,11-12,14-16,19-20,23-24H2,1H3,(H,46,47)/t28?,30?,31?,35-;27?,29?,30?,33-;25?,27?,28?,32-/m111/s1. The maximum Gasteiger partial charge on any atom is 0.310 e. The van der Waals surface area contributed by atoms with Crippen LogP contribution in [-0.2, 0) is 54.5 Å². The predicted octanol–water partition coefficient (Wildman–Crippen LogP) is 25.9. The van der Waals surface area contributed by atoms with Crippen LogP contribution in [0.1, 0.15) is 320 Å². The third-order valence-corrected chi connectivity index (χ3v) is 36.3. The quantitative estimate of drug-likeness (QED) is 0.0305. The molecule has 0 spiro atoms. The number of hydrogen-bond donors (Lipinski definition) is 3. The molecular formula is C124H151N9O13S2. The summed E-state index contributed by atoms with van der Waals surface area (Å²) in [5, 5.41) is 28.0. The molecule has 0 bridgehead atoms. The first kappa shape index (κ1) is 108. The largest absolute Gasteiger partial charge is 0.488 e. The van der Waals surface area contributed by atoms with E-state index in [1.807, 2.05) is 155 Å². The van der Waals surface area contributed by atoms with Crippen molar-refractivity contribution in [3.05, 3.63) is 235 Å². The Morgan fingerprint density at radius 2 is 0.676 bits per heavy atom. The summed E-state index contributed by atoms with van der Waals surface area (Å²) >= 11 is 3.06. The van der Waals surface area contributed by atoms with E-state index in [1.54, 1.807) is 50.3 Å². The van der Waals surface area contributed by atoms with E-state index in [2.05, 4.69) is 52.8 Å². The second kappa shape index (κ2) is 49.9. The average molecular weight is 2040 g/mol. The molecule has 3 aliphatic heterocycles. The van der Waals surface area contributed by atoms with Crippen molar-refractivity contribution in [3.63, 3.8) is 0 Å². The zero-order chi connectivity index (χ0) is 104. The van der Waals surface area contributed by atoms with Gasteiger partial charge in [0.2, 0.25) is 17.7 Å². The van der Waals surface area contributed by atoms with Gasteiger partial charge in [0.1, 0.15) is 11.4 Å². The van der Waals surface area contributed by atoms with Crippen LogP contribution in [0.2, 0.25) is 0 Å². The van der Waals surface area contributed by atoms with Gasteiger partial charge in [0.25, 0.3) is 0 Å². The Morgan fingerprint density at radius 3 is 0.966 bits per heavy atom. The van der Waals surface area contributed by atoms with E-state index in [0.717, 1.165) is 135 Å². The van der Waals surface area contributed by atoms with Gasteiger partial charge in [-0.3, -0.25) is 43.2 Å². The number of hydrogen-bond acceptors (Lipinski definition) is 18. The van der Waals surface area contributed by atoms with E-state index < -0.39 is 53.4 Å². The number of amides is 3. The fourth-order valence-corrected chi connectivity index (χ4v) is 26.4. The lowest BCUT2D eigenvalue weighted by atomic mass is 9.71. The van der Waals surface area contributed by atoms with Gasteiger partial charge in [0.05, 0.1) is 27.5 Å². The van der Waals surface area contributed by atoms with Crippen molar-refractivity contribution < 1.29 is 63.2 Å². The Kier molecular flexibility index (Phi) is 36.3. The summed E-state index contributed by atoms with van der Waals surface area (Å²) < 4.78 is 5.89. The lowest BCUT2D eigenvalue weighted by Gasteiger charge is -2.38. The third-order valence-electron chi connectivity index (χ3n) is 33.9. The topological polar surface area (TPSA) is 311 Å². The molecule has 0 radical (unpaired) electrons. The van der Waals surface area contributed by atoms with Gasteiger partial charge >= 0.3 is 17.9 Å². The van der Waals surface area contributed by atoms with Gasteiger partial charge in [-0.25, -0.2) is 29.9 Å². The van der Waals surface area contributed by atoms with Crippen LogP contribution in [0.15, 0.2) is 177 Å². The van der Waals surface area contributed by atoms with Crippen LogP contribution in [0.5, 0.6) is 5.75 Å². The minimum Gasteiger partial charge on any atom is -0.488 e. The summed E-state index contributed by atoms with van der Waals surface area (Å²) in [6, 6.07) is 38.6. The van der Waals surface area contributed by atoms with Gasteiger partial charge in [-0.2, -0.15) is 0 Å². The fourth-order valence-electron chi connectivity index (χ4n) is 24.1. The first-order valence-electron chi connectivity index (χ1n) is 55.4. The number of Topliss-reactive ketones (excluding diaryl/α,β-unsaturated/α-hetero) is 3. The van der Waals surface area contributed by atoms with Crippen LogP contribution in [0.4, 0.5) is 0 Å². The molecular weight excluding hydrogens is 1890 g/mol. The normalized spacial score (nSPS) is 22.4. The molecule has 782 valence electrons. The van der Waals surface area contributed by atoms with E-state index >= 15 is 0 Å². The number of aliphatic carboxylic acids is 3. The average Bonchev–Trinajstić information content (AvgIpc) is 1.23. The Morgan fingerprint density at radius 1 is 0.358 bits per heavy atom. The van der Waals surface area contributed by atoms with E-state index in [4.69, 9.17) is 34.6 Å². The SMILES string of the molecule is CCC1CCC(C2CC=C(c3cnc(-c4ccc(C[C@H](CC(=O)c5ccc(C6CC6)s5)C(=O)N5CC(C(=O)O)C5)cc4)nc3)CC2)CC1.CCC1CCC(C2CC=C(c3cnc(-c4ccc(C[C@H](CC(=O)c5ccc(CC(C)C)s5)C(=O)N5CC(C(=O)O)C5)cc4)nc3)CC2)CC1.CCC1CCC(C2CC=C(c3cnc(-c4ccc(C[C@H](CC(=O)c5ccc(OC(C)(C)C)cc5)C(=O)N5CC(C(=O)O)C5)cc4)nc3)CC2)CC1. The molecule has 3 unspecified atom stereocenters. The number of ether oxygens (including phenoxy) is 1.